The molecule has 1 aliphatic rings. The molecule has 4 aromatic rings. The summed E-state index contributed by atoms with van der Waals surface area (Å²) >= 11 is 0. The van der Waals surface area contributed by atoms with Crippen molar-refractivity contribution in [1.29, 1.82) is 0 Å². The Bertz CT molecular complexity index is 1520. The van der Waals surface area contributed by atoms with Crippen molar-refractivity contribution in [3.8, 4) is 46.0 Å². The Hall–Kier alpha value is -4.98. The van der Waals surface area contributed by atoms with Gasteiger partial charge in [0.15, 0.2) is 23.0 Å². The van der Waals surface area contributed by atoms with E-state index in [2.05, 4.69) is 0 Å². The maximum Gasteiger partial charge on any atom is 0.161 e. The van der Waals surface area contributed by atoms with Gasteiger partial charge < -0.3 is 39.7 Å². The van der Waals surface area contributed by atoms with Crippen molar-refractivity contribution >= 4 is 12.2 Å². The Morgan fingerprint density at radius 2 is 1.26 bits per heavy atom. The molecule has 0 aromatic heterocycles. The summed E-state index contributed by atoms with van der Waals surface area (Å²) in [6.07, 6.45) is 2.94. The molecule has 0 saturated heterocycles. The van der Waals surface area contributed by atoms with Gasteiger partial charge in [-0.25, -0.2) is 0 Å². The minimum atomic E-state index is -0.660. The van der Waals surface area contributed by atoms with Crippen LogP contribution in [0.2, 0.25) is 0 Å². The first-order valence-electron chi connectivity index (χ1n) is 11.8. The largest absolute Gasteiger partial charge is 0.508 e. The zero-order chi connectivity index (χ0) is 27.0. The molecule has 0 aliphatic carbocycles. The Balaban J connectivity index is 1.58. The van der Waals surface area contributed by atoms with Gasteiger partial charge in [-0.3, -0.25) is 0 Å². The highest BCUT2D eigenvalue weighted by Crippen LogP contribution is 2.54. The average Bonchev–Trinajstić information content (AvgIpc) is 3.28. The summed E-state index contributed by atoms with van der Waals surface area (Å²) in [5, 5.41) is 51.4. The molecular formula is C30H26O8. The van der Waals surface area contributed by atoms with Crippen LogP contribution in [0.25, 0.3) is 12.2 Å². The molecule has 1 aliphatic heterocycles. The van der Waals surface area contributed by atoms with Crippen molar-refractivity contribution in [3.05, 3.63) is 94.5 Å². The number of phenols is 5. The quantitative estimate of drug-likeness (QED) is 0.208. The number of hydrogen-bond acceptors (Lipinski definition) is 8. The van der Waals surface area contributed by atoms with E-state index in [-0.39, 0.29) is 34.5 Å². The minimum absolute atomic E-state index is 0.0217. The lowest BCUT2D eigenvalue weighted by Crippen LogP contribution is -2.11. The molecule has 38 heavy (non-hydrogen) atoms. The van der Waals surface area contributed by atoms with Gasteiger partial charge >= 0.3 is 0 Å². The number of rotatable bonds is 6. The standard InChI is InChI=1S/C30H26O8/c1-36-25-10-16(5-7-22(25)33)3-4-17-9-24(35)29-27(11-17)38-30(18-6-8-23(34)26(14-18)37-2)28(29)19-12-20(31)15-21(32)13-19/h3-15,28,30-35H,1-2H3/b4-3+/t28-,30+/m0/s1. The summed E-state index contributed by atoms with van der Waals surface area (Å²) < 4.78 is 16.8. The summed E-state index contributed by atoms with van der Waals surface area (Å²) in [4.78, 5) is 0. The second kappa shape index (κ2) is 9.82. The van der Waals surface area contributed by atoms with Crippen LogP contribution in [0.3, 0.4) is 0 Å². The Labute approximate surface area is 218 Å². The molecule has 0 bridgehead atoms. The Morgan fingerprint density at radius 3 is 1.95 bits per heavy atom. The summed E-state index contributed by atoms with van der Waals surface area (Å²) in [5.74, 6) is 0.181. The molecule has 0 amide bonds. The smallest absolute Gasteiger partial charge is 0.161 e. The van der Waals surface area contributed by atoms with Crippen LogP contribution in [-0.2, 0) is 0 Å². The molecule has 2 atom stereocenters. The zero-order valence-electron chi connectivity index (χ0n) is 20.6. The van der Waals surface area contributed by atoms with Crippen LogP contribution >= 0.6 is 0 Å². The maximum absolute atomic E-state index is 11.2. The number of benzene rings is 4. The number of phenolic OH excluding ortho intramolecular Hbond substituents is 5. The van der Waals surface area contributed by atoms with Gasteiger partial charge in [-0.1, -0.05) is 24.3 Å². The van der Waals surface area contributed by atoms with E-state index in [9.17, 15) is 25.5 Å². The van der Waals surface area contributed by atoms with E-state index in [1.165, 1.54) is 44.6 Å². The average molecular weight is 515 g/mol. The Kier molecular flexibility index (Phi) is 6.38. The van der Waals surface area contributed by atoms with Crippen LogP contribution < -0.4 is 14.2 Å². The molecular weight excluding hydrogens is 488 g/mol. The predicted molar refractivity (Wildman–Crippen MR) is 141 cm³/mol. The molecule has 0 saturated carbocycles. The highest BCUT2D eigenvalue weighted by atomic mass is 16.5. The van der Waals surface area contributed by atoms with Crippen LogP contribution in [0.5, 0.6) is 46.0 Å². The van der Waals surface area contributed by atoms with Crippen molar-refractivity contribution in [2.24, 2.45) is 0 Å². The van der Waals surface area contributed by atoms with Crippen LogP contribution in [0.15, 0.2) is 66.7 Å². The lowest BCUT2D eigenvalue weighted by atomic mass is 9.84. The normalized spacial score (nSPS) is 16.3. The van der Waals surface area contributed by atoms with Gasteiger partial charge in [-0.15, -0.1) is 0 Å². The first-order valence-corrected chi connectivity index (χ1v) is 11.8. The number of ether oxygens (including phenoxy) is 3. The van der Waals surface area contributed by atoms with E-state index in [0.29, 0.717) is 33.8 Å². The lowest BCUT2D eigenvalue weighted by molar-refractivity contribution is 0.221. The van der Waals surface area contributed by atoms with Gasteiger partial charge in [-0.2, -0.15) is 0 Å². The highest BCUT2D eigenvalue weighted by molar-refractivity contribution is 5.74. The second-order valence-corrected chi connectivity index (χ2v) is 8.95. The Morgan fingerprint density at radius 1 is 0.632 bits per heavy atom. The fourth-order valence-corrected chi connectivity index (χ4v) is 4.76. The van der Waals surface area contributed by atoms with Crippen molar-refractivity contribution in [2.75, 3.05) is 14.2 Å². The van der Waals surface area contributed by atoms with Gasteiger partial charge in [0.2, 0.25) is 0 Å². The van der Waals surface area contributed by atoms with Crippen molar-refractivity contribution in [3.63, 3.8) is 0 Å². The molecule has 0 fully saturated rings. The van der Waals surface area contributed by atoms with Gasteiger partial charge in [-0.05, 0) is 70.8 Å². The van der Waals surface area contributed by atoms with E-state index in [0.717, 1.165) is 5.56 Å². The van der Waals surface area contributed by atoms with Crippen LogP contribution in [0.4, 0.5) is 0 Å². The second-order valence-electron chi connectivity index (χ2n) is 8.95. The van der Waals surface area contributed by atoms with E-state index < -0.39 is 12.0 Å². The topological polar surface area (TPSA) is 129 Å². The van der Waals surface area contributed by atoms with Gasteiger partial charge in [0.25, 0.3) is 0 Å². The highest BCUT2D eigenvalue weighted by Gasteiger charge is 2.40. The summed E-state index contributed by atoms with van der Waals surface area (Å²) in [6.45, 7) is 0. The van der Waals surface area contributed by atoms with Crippen LogP contribution in [-0.4, -0.2) is 39.8 Å². The molecule has 0 radical (unpaired) electrons. The van der Waals surface area contributed by atoms with Crippen molar-refractivity contribution < 1.29 is 39.7 Å². The predicted octanol–water partition coefficient (Wildman–Crippen LogP) is 5.67. The minimum Gasteiger partial charge on any atom is -0.508 e. The van der Waals surface area contributed by atoms with Crippen molar-refractivity contribution in [2.45, 2.75) is 12.0 Å². The SMILES string of the molecule is COc1cc(/C=C/c2cc(O)c3c(c2)O[C@H](c2ccc(O)c(OC)c2)[C@H]3c2cc(O)cc(O)c2)ccc1O. The number of methoxy groups -OCH3 is 2. The van der Waals surface area contributed by atoms with Gasteiger partial charge in [0.05, 0.1) is 20.1 Å². The molecule has 194 valence electrons. The van der Waals surface area contributed by atoms with E-state index in [1.807, 2.05) is 6.08 Å². The van der Waals surface area contributed by atoms with Crippen LogP contribution in [0.1, 0.15) is 39.8 Å². The van der Waals surface area contributed by atoms with Crippen molar-refractivity contribution in [1.82, 2.24) is 0 Å². The third-order valence-corrected chi connectivity index (χ3v) is 6.50. The third-order valence-electron chi connectivity index (χ3n) is 6.50. The molecule has 5 N–H and O–H groups in total. The maximum atomic E-state index is 11.2. The molecule has 0 spiro atoms. The molecule has 1 heterocycles. The number of hydrogen-bond donors (Lipinski definition) is 5. The van der Waals surface area contributed by atoms with Gasteiger partial charge in [0, 0.05) is 11.6 Å². The number of aromatic hydroxyl groups is 5. The van der Waals surface area contributed by atoms with Crippen LogP contribution in [0, 0.1) is 0 Å². The molecule has 4 aromatic carbocycles. The van der Waals surface area contributed by atoms with E-state index >= 15 is 0 Å². The van der Waals surface area contributed by atoms with E-state index in [4.69, 9.17) is 14.2 Å². The summed E-state index contributed by atoms with van der Waals surface area (Å²) in [6, 6.07) is 17.4. The first kappa shape index (κ1) is 24.7. The molecule has 8 heteroatoms. The van der Waals surface area contributed by atoms with E-state index in [1.54, 1.807) is 42.5 Å². The first-order chi connectivity index (χ1) is 18.3. The lowest BCUT2D eigenvalue weighted by Gasteiger charge is -2.21. The fourth-order valence-electron chi connectivity index (χ4n) is 4.76. The summed E-state index contributed by atoms with van der Waals surface area (Å²) in [7, 11) is 2.92. The number of fused-ring (bicyclic) bond motifs is 1. The molecule has 8 nitrogen and oxygen atoms in total. The fraction of sp³-hybridized carbons (Fsp3) is 0.133. The molecule has 0 unspecified atom stereocenters. The third kappa shape index (κ3) is 4.59. The monoisotopic (exact) mass is 514 g/mol. The summed E-state index contributed by atoms with van der Waals surface area (Å²) in [5.41, 5.74) is 3.14. The molecule has 5 rings (SSSR count). The zero-order valence-corrected chi connectivity index (χ0v) is 20.6. The van der Waals surface area contributed by atoms with Gasteiger partial charge in [0.1, 0.15) is 29.1 Å².